The van der Waals surface area contributed by atoms with Gasteiger partial charge in [-0.3, -0.25) is 0 Å². The zero-order chi connectivity index (χ0) is 12.6. The van der Waals surface area contributed by atoms with E-state index in [2.05, 4.69) is 21.2 Å². The molecule has 3 nitrogen and oxygen atoms in total. The lowest BCUT2D eigenvalue weighted by Gasteiger charge is -2.11. The van der Waals surface area contributed by atoms with Gasteiger partial charge in [-0.2, -0.15) is 0 Å². The van der Waals surface area contributed by atoms with Crippen LogP contribution >= 0.6 is 11.8 Å². The molecule has 1 aromatic heterocycles. The molecule has 1 N–H and O–H groups in total. The number of terminal acetylenes is 1. The van der Waals surface area contributed by atoms with Crippen LogP contribution in [0.3, 0.4) is 0 Å². The molecule has 0 saturated carbocycles. The lowest BCUT2D eigenvalue weighted by Crippen LogP contribution is -2.10. The molecule has 0 aliphatic heterocycles. The zero-order valence-electron chi connectivity index (χ0n) is 10.6. The molecule has 1 heterocycles. The van der Waals surface area contributed by atoms with E-state index < -0.39 is 0 Å². The van der Waals surface area contributed by atoms with Gasteiger partial charge in [-0.25, -0.2) is 9.97 Å². The summed E-state index contributed by atoms with van der Waals surface area (Å²) >= 11 is 1.77. The number of anilines is 1. The van der Waals surface area contributed by atoms with E-state index in [-0.39, 0.29) is 0 Å². The largest absolute Gasteiger partial charge is 0.369 e. The molecule has 0 spiro atoms. The van der Waals surface area contributed by atoms with Crippen LogP contribution in [-0.4, -0.2) is 28.0 Å². The van der Waals surface area contributed by atoms with Crippen LogP contribution in [-0.2, 0) is 12.8 Å². The van der Waals surface area contributed by atoms with Crippen LogP contribution < -0.4 is 5.32 Å². The number of aromatic nitrogens is 2. The standard InChI is InChI=1S/C14H19N3S/c1-2-9-18-10-8-15-14-12-6-4-3-5-7-13(12)16-11-17-14/h1,11H,3-10H2,(H,15,16,17). The summed E-state index contributed by atoms with van der Waals surface area (Å²) in [4.78, 5) is 8.79. The fraction of sp³-hybridized carbons (Fsp3) is 0.571. The van der Waals surface area contributed by atoms with Gasteiger partial charge >= 0.3 is 0 Å². The minimum Gasteiger partial charge on any atom is -0.369 e. The quantitative estimate of drug-likeness (QED) is 0.502. The molecule has 0 aromatic carbocycles. The number of fused-ring (bicyclic) bond motifs is 1. The molecule has 4 heteroatoms. The molecule has 96 valence electrons. The smallest absolute Gasteiger partial charge is 0.132 e. The van der Waals surface area contributed by atoms with Crippen molar-refractivity contribution in [3.63, 3.8) is 0 Å². The fourth-order valence-electron chi connectivity index (χ4n) is 2.22. The van der Waals surface area contributed by atoms with E-state index in [1.165, 1.54) is 30.5 Å². The van der Waals surface area contributed by atoms with Crippen LogP contribution in [0.25, 0.3) is 0 Å². The van der Waals surface area contributed by atoms with Crippen molar-refractivity contribution < 1.29 is 0 Å². The van der Waals surface area contributed by atoms with Gasteiger partial charge < -0.3 is 5.32 Å². The van der Waals surface area contributed by atoms with Gasteiger partial charge in [-0.1, -0.05) is 12.3 Å². The van der Waals surface area contributed by atoms with E-state index >= 15 is 0 Å². The Morgan fingerprint density at radius 3 is 3.06 bits per heavy atom. The summed E-state index contributed by atoms with van der Waals surface area (Å²) < 4.78 is 0. The van der Waals surface area contributed by atoms with Crippen molar-refractivity contribution in [1.29, 1.82) is 0 Å². The highest BCUT2D eigenvalue weighted by molar-refractivity contribution is 7.99. The van der Waals surface area contributed by atoms with Crippen molar-refractivity contribution in [2.24, 2.45) is 0 Å². The Labute approximate surface area is 113 Å². The average molecular weight is 261 g/mol. The van der Waals surface area contributed by atoms with Crippen molar-refractivity contribution in [3.8, 4) is 12.3 Å². The molecule has 0 bridgehead atoms. The van der Waals surface area contributed by atoms with E-state index in [9.17, 15) is 0 Å². The third-order valence-electron chi connectivity index (χ3n) is 3.10. The van der Waals surface area contributed by atoms with Crippen LogP contribution in [0.5, 0.6) is 0 Å². The molecule has 1 aliphatic carbocycles. The minimum absolute atomic E-state index is 0.781. The van der Waals surface area contributed by atoms with E-state index in [1.54, 1.807) is 18.1 Å². The summed E-state index contributed by atoms with van der Waals surface area (Å²) in [5.41, 5.74) is 2.57. The van der Waals surface area contributed by atoms with Gasteiger partial charge in [-0.05, 0) is 25.7 Å². The van der Waals surface area contributed by atoms with E-state index in [0.29, 0.717) is 0 Å². The van der Waals surface area contributed by atoms with Gasteiger partial charge in [0.1, 0.15) is 12.1 Å². The number of thioether (sulfide) groups is 1. The molecule has 1 aliphatic rings. The Bertz CT molecular complexity index is 426. The van der Waals surface area contributed by atoms with Crippen LogP contribution in [0.15, 0.2) is 6.33 Å². The molecule has 1 aromatic rings. The van der Waals surface area contributed by atoms with Crippen LogP contribution in [0.4, 0.5) is 5.82 Å². The number of nitrogens with one attached hydrogen (secondary N) is 1. The first kappa shape index (κ1) is 13.2. The molecule has 0 saturated heterocycles. The summed E-state index contributed by atoms with van der Waals surface area (Å²) in [6.07, 6.45) is 12.9. The van der Waals surface area contributed by atoms with E-state index in [4.69, 9.17) is 6.42 Å². The Kier molecular flexibility index (Phi) is 5.35. The Morgan fingerprint density at radius 1 is 1.28 bits per heavy atom. The van der Waals surface area contributed by atoms with Gasteiger partial charge in [0.2, 0.25) is 0 Å². The van der Waals surface area contributed by atoms with Gasteiger partial charge in [0.05, 0.1) is 5.75 Å². The van der Waals surface area contributed by atoms with Gasteiger partial charge in [0.25, 0.3) is 0 Å². The molecule has 0 amide bonds. The number of nitrogens with zero attached hydrogens (tertiary/aromatic N) is 2. The first-order valence-corrected chi connectivity index (χ1v) is 7.65. The van der Waals surface area contributed by atoms with Gasteiger partial charge in [0, 0.05) is 23.6 Å². The number of rotatable bonds is 5. The first-order valence-electron chi connectivity index (χ1n) is 6.49. The Hall–Kier alpha value is -1.21. The maximum absolute atomic E-state index is 5.22. The van der Waals surface area contributed by atoms with Crippen LogP contribution in [0, 0.1) is 12.3 Å². The predicted molar refractivity (Wildman–Crippen MR) is 77.9 cm³/mol. The Morgan fingerprint density at radius 2 is 2.17 bits per heavy atom. The van der Waals surface area contributed by atoms with Crippen LogP contribution in [0.1, 0.15) is 30.5 Å². The summed E-state index contributed by atoms with van der Waals surface area (Å²) in [5.74, 6) is 5.46. The number of aryl methyl sites for hydroxylation is 1. The molecule has 0 radical (unpaired) electrons. The van der Waals surface area contributed by atoms with Crippen molar-refractivity contribution in [2.75, 3.05) is 23.4 Å². The van der Waals surface area contributed by atoms with Crippen molar-refractivity contribution in [3.05, 3.63) is 17.6 Å². The third-order valence-corrected chi connectivity index (χ3v) is 3.96. The van der Waals surface area contributed by atoms with E-state index in [0.717, 1.165) is 36.7 Å². The highest BCUT2D eigenvalue weighted by Crippen LogP contribution is 2.23. The highest BCUT2D eigenvalue weighted by atomic mass is 32.2. The monoisotopic (exact) mass is 261 g/mol. The lowest BCUT2D eigenvalue weighted by atomic mass is 10.1. The number of hydrogen-bond acceptors (Lipinski definition) is 4. The maximum Gasteiger partial charge on any atom is 0.132 e. The molecule has 0 atom stereocenters. The van der Waals surface area contributed by atoms with Crippen molar-refractivity contribution in [2.45, 2.75) is 32.1 Å². The SMILES string of the molecule is C#CCSCCNc1ncnc2c1CCCCC2. The second-order valence-electron chi connectivity index (χ2n) is 4.39. The average Bonchev–Trinajstić information content (AvgIpc) is 2.64. The fourth-order valence-corrected chi connectivity index (χ4v) is 2.73. The molecule has 0 fully saturated rings. The third kappa shape index (κ3) is 3.64. The summed E-state index contributed by atoms with van der Waals surface area (Å²) in [7, 11) is 0. The maximum atomic E-state index is 5.22. The summed E-state index contributed by atoms with van der Waals surface area (Å²) in [6.45, 7) is 0.912. The molecular weight excluding hydrogens is 242 g/mol. The second kappa shape index (κ2) is 7.27. The first-order chi connectivity index (χ1) is 8.92. The summed E-state index contributed by atoms with van der Waals surface area (Å²) in [6, 6.07) is 0. The molecular formula is C14H19N3S. The molecule has 0 unspecified atom stereocenters. The predicted octanol–water partition coefficient (Wildman–Crippen LogP) is 2.52. The van der Waals surface area contributed by atoms with E-state index in [1.807, 2.05) is 0 Å². The van der Waals surface area contributed by atoms with Gasteiger partial charge in [-0.15, -0.1) is 18.2 Å². The minimum atomic E-state index is 0.781. The highest BCUT2D eigenvalue weighted by Gasteiger charge is 2.13. The molecule has 2 rings (SSSR count). The molecule has 18 heavy (non-hydrogen) atoms. The topological polar surface area (TPSA) is 37.8 Å². The van der Waals surface area contributed by atoms with Gasteiger partial charge in [0.15, 0.2) is 0 Å². The van der Waals surface area contributed by atoms with Crippen LogP contribution in [0.2, 0.25) is 0 Å². The zero-order valence-corrected chi connectivity index (χ0v) is 11.4. The van der Waals surface area contributed by atoms with Crippen molar-refractivity contribution in [1.82, 2.24) is 9.97 Å². The second-order valence-corrected chi connectivity index (χ2v) is 5.50. The summed E-state index contributed by atoms with van der Waals surface area (Å²) in [5, 5.41) is 3.42. The normalized spacial score (nSPS) is 14.4. The van der Waals surface area contributed by atoms with Crippen molar-refractivity contribution >= 4 is 17.6 Å². The number of hydrogen-bond donors (Lipinski definition) is 1. The lowest BCUT2D eigenvalue weighted by molar-refractivity contribution is 0.709. The Balaban J connectivity index is 1.94.